The molecule has 4 heteroatoms. The minimum absolute atomic E-state index is 0.0533. The number of hydrazine groups is 1. The van der Waals surface area contributed by atoms with Gasteiger partial charge in [0, 0.05) is 6.54 Å². The van der Waals surface area contributed by atoms with Gasteiger partial charge in [0.1, 0.15) is 5.66 Å². The van der Waals surface area contributed by atoms with Gasteiger partial charge in [-0.3, -0.25) is 10.2 Å². The summed E-state index contributed by atoms with van der Waals surface area (Å²) in [5.41, 5.74) is 8.32. The van der Waals surface area contributed by atoms with Crippen LogP contribution in [0, 0.1) is 13.8 Å². The Kier molecular flexibility index (Phi) is 3.30. The number of nitrogens with zero attached hydrogens (tertiary/aromatic N) is 2. The average molecular weight is 321 g/mol. The van der Waals surface area contributed by atoms with Crippen LogP contribution in [0.5, 0.6) is 0 Å². The van der Waals surface area contributed by atoms with Crippen LogP contribution in [-0.2, 0) is 0 Å². The highest BCUT2D eigenvalue weighted by Gasteiger charge is 2.50. The fourth-order valence-electron chi connectivity index (χ4n) is 4.01. The number of amides is 1. The van der Waals surface area contributed by atoms with Crippen molar-refractivity contribution in [2.24, 2.45) is 0 Å². The van der Waals surface area contributed by atoms with Crippen molar-refractivity contribution in [2.75, 3.05) is 16.9 Å². The molecule has 1 unspecified atom stereocenters. The van der Waals surface area contributed by atoms with Crippen LogP contribution in [0.15, 0.2) is 42.5 Å². The Hall–Kier alpha value is -2.49. The monoisotopic (exact) mass is 321 g/mol. The van der Waals surface area contributed by atoms with Gasteiger partial charge >= 0.3 is 0 Å². The topological polar surface area (TPSA) is 35.6 Å². The first kappa shape index (κ1) is 15.1. The highest BCUT2D eigenvalue weighted by molar-refractivity contribution is 6.04. The second-order valence-electron chi connectivity index (χ2n) is 6.99. The summed E-state index contributed by atoms with van der Waals surface area (Å²) in [6.07, 6.45) is 2.05. The van der Waals surface area contributed by atoms with Crippen LogP contribution < -0.4 is 10.3 Å². The second kappa shape index (κ2) is 5.26. The van der Waals surface area contributed by atoms with Crippen molar-refractivity contribution in [3.8, 4) is 0 Å². The molecule has 0 spiro atoms. The van der Waals surface area contributed by atoms with Crippen molar-refractivity contribution in [3.05, 3.63) is 59.2 Å². The molecule has 2 aromatic carbocycles. The van der Waals surface area contributed by atoms with Crippen LogP contribution in [0.3, 0.4) is 0 Å². The first-order valence-corrected chi connectivity index (χ1v) is 8.56. The van der Waals surface area contributed by atoms with Crippen LogP contribution >= 0.6 is 0 Å². The van der Waals surface area contributed by atoms with E-state index >= 15 is 0 Å². The lowest BCUT2D eigenvalue weighted by Crippen LogP contribution is -2.63. The third-order valence-corrected chi connectivity index (χ3v) is 5.52. The Morgan fingerprint density at radius 1 is 1.08 bits per heavy atom. The molecule has 0 saturated carbocycles. The lowest BCUT2D eigenvalue weighted by Gasteiger charge is -2.50. The van der Waals surface area contributed by atoms with E-state index in [0.29, 0.717) is 0 Å². The molecular weight excluding hydrogens is 298 g/mol. The van der Waals surface area contributed by atoms with E-state index in [1.807, 2.05) is 47.5 Å². The number of nitrogens with one attached hydrogen (secondary N) is 1. The molecule has 2 aliphatic heterocycles. The zero-order valence-corrected chi connectivity index (χ0v) is 14.5. The van der Waals surface area contributed by atoms with Crippen molar-refractivity contribution in [1.29, 1.82) is 0 Å². The van der Waals surface area contributed by atoms with Crippen molar-refractivity contribution in [1.82, 2.24) is 5.01 Å². The molecule has 2 aromatic rings. The predicted octanol–water partition coefficient (Wildman–Crippen LogP) is 4.10. The van der Waals surface area contributed by atoms with Gasteiger partial charge in [-0.05, 0) is 62.9 Å². The first-order valence-electron chi connectivity index (χ1n) is 8.56. The molecule has 1 atom stereocenters. The number of para-hydroxylation sites is 1. The fraction of sp³-hybridized carbons (Fsp3) is 0.350. The minimum atomic E-state index is -0.335. The molecule has 1 fully saturated rings. The Bertz CT molecular complexity index is 802. The van der Waals surface area contributed by atoms with Gasteiger partial charge in [-0.15, -0.1) is 0 Å². The Morgan fingerprint density at radius 2 is 1.83 bits per heavy atom. The molecule has 0 bridgehead atoms. The maximum Gasteiger partial charge on any atom is 0.276 e. The molecule has 2 aliphatic rings. The first-order chi connectivity index (χ1) is 11.5. The van der Waals surface area contributed by atoms with E-state index in [0.717, 1.165) is 36.3 Å². The van der Waals surface area contributed by atoms with Crippen molar-refractivity contribution in [2.45, 2.75) is 39.3 Å². The van der Waals surface area contributed by atoms with Crippen LogP contribution in [-0.4, -0.2) is 23.1 Å². The Morgan fingerprint density at radius 3 is 2.58 bits per heavy atom. The number of hydrogen-bond acceptors (Lipinski definition) is 3. The number of fused-ring (bicyclic) bond motifs is 3. The van der Waals surface area contributed by atoms with E-state index in [-0.39, 0.29) is 11.6 Å². The standard InChI is InChI=1S/C20H23N3O/c1-14-10-11-17-18(15(14)2)22-13-7-12-20(22,3)23(19(17)24)21-16-8-5-4-6-9-16/h4-6,8-11,21H,7,12-13H2,1-3H3. The van der Waals surface area contributed by atoms with E-state index in [9.17, 15) is 4.79 Å². The van der Waals surface area contributed by atoms with E-state index in [1.54, 1.807) is 0 Å². The zero-order chi connectivity index (χ0) is 16.9. The molecule has 1 saturated heterocycles. The van der Waals surface area contributed by atoms with Crippen molar-refractivity contribution < 1.29 is 4.79 Å². The summed E-state index contributed by atoms with van der Waals surface area (Å²) in [4.78, 5) is 15.7. The maximum atomic E-state index is 13.3. The predicted molar refractivity (Wildman–Crippen MR) is 97.1 cm³/mol. The molecule has 1 amide bonds. The van der Waals surface area contributed by atoms with Gasteiger partial charge in [-0.25, -0.2) is 5.01 Å². The van der Waals surface area contributed by atoms with Crippen molar-refractivity contribution in [3.63, 3.8) is 0 Å². The summed E-state index contributed by atoms with van der Waals surface area (Å²) in [6.45, 7) is 7.38. The van der Waals surface area contributed by atoms with Gasteiger partial charge < -0.3 is 4.90 Å². The molecule has 4 nitrogen and oxygen atoms in total. The van der Waals surface area contributed by atoms with Gasteiger partial charge in [0.2, 0.25) is 0 Å². The number of aryl methyl sites for hydroxylation is 1. The zero-order valence-electron chi connectivity index (χ0n) is 14.5. The molecule has 24 heavy (non-hydrogen) atoms. The second-order valence-corrected chi connectivity index (χ2v) is 6.99. The van der Waals surface area contributed by atoms with Crippen LogP contribution in [0.4, 0.5) is 11.4 Å². The van der Waals surface area contributed by atoms with Gasteiger partial charge in [0.15, 0.2) is 0 Å². The minimum Gasteiger partial charge on any atom is -0.346 e. The van der Waals surface area contributed by atoms with E-state index < -0.39 is 0 Å². The Labute approximate surface area is 143 Å². The number of hydrogen-bond donors (Lipinski definition) is 1. The highest BCUT2D eigenvalue weighted by atomic mass is 16.2. The smallest absolute Gasteiger partial charge is 0.276 e. The van der Waals surface area contributed by atoms with Crippen LogP contribution in [0.2, 0.25) is 0 Å². The third kappa shape index (κ3) is 2.02. The summed E-state index contributed by atoms with van der Waals surface area (Å²) in [7, 11) is 0. The van der Waals surface area contributed by atoms with E-state index in [2.05, 4.69) is 31.1 Å². The fourth-order valence-corrected chi connectivity index (χ4v) is 4.01. The average Bonchev–Trinajstić information content (AvgIpc) is 2.98. The van der Waals surface area contributed by atoms with Gasteiger partial charge in [-0.2, -0.15) is 0 Å². The molecule has 1 N–H and O–H groups in total. The third-order valence-electron chi connectivity index (χ3n) is 5.52. The molecular formula is C20H23N3O. The lowest BCUT2D eigenvalue weighted by atomic mass is 9.95. The lowest BCUT2D eigenvalue weighted by molar-refractivity contribution is 0.0579. The van der Waals surface area contributed by atoms with Crippen LogP contribution in [0.25, 0.3) is 0 Å². The summed E-state index contributed by atoms with van der Waals surface area (Å²) in [5, 5.41) is 1.83. The van der Waals surface area contributed by atoms with Crippen LogP contribution in [0.1, 0.15) is 41.3 Å². The number of carbonyl (C=O) groups is 1. The number of anilines is 2. The van der Waals surface area contributed by atoms with E-state index in [4.69, 9.17) is 0 Å². The Balaban J connectivity index is 1.84. The molecule has 4 rings (SSSR count). The number of rotatable bonds is 2. The van der Waals surface area contributed by atoms with Crippen molar-refractivity contribution >= 4 is 17.3 Å². The molecule has 124 valence electrons. The largest absolute Gasteiger partial charge is 0.346 e. The molecule has 0 radical (unpaired) electrons. The summed E-state index contributed by atoms with van der Waals surface area (Å²) in [6, 6.07) is 13.9. The van der Waals surface area contributed by atoms with Gasteiger partial charge in [0.25, 0.3) is 5.91 Å². The van der Waals surface area contributed by atoms with E-state index in [1.165, 1.54) is 11.1 Å². The number of benzene rings is 2. The van der Waals surface area contributed by atoms with Gasteiger partial charge in [-0.1, -0.05) is 24.3 Å². The SMILES string of the molecule is Cc1ccc2c(c1C)N1CCCC1(C)N(Nc1ccccc1)C2=O. The normalized spacial score (nSPS) is 22.4. The quantitative estimate of drug-likeness (QED) is 0.904. The summed E-state index contributed by atoms with van der Waals surface area (Å²) < 4.78 is 0. The molecule has 0 aliphatic carbocycles. The molecule has 2 heterocycles. The summed E-state index contributed by atoms with van der Waals surface area (Å²) >= 11 is 0. The molecule has 0 aromatic heterocycles. The summed E-state index contributed by atoms with van der Waals surface area (Å²) in [5.74, 6) is 0.0533. The van der Waals surface area contributed by atoms with Gasteiger partial charge in [0.05, 0.1) is 16.9 Å². The maximum absolute atomic E-state index is 13.3. The number of carbonyl (C=O) groups excluding carboxylic acids is 1. The highest BCUT2D eigenvalue weighted by Crippen LogP contribution is 2.45.